The molecule has 3 aromatic rings. The van der Waals surface area contributed by atoms with Gasteiger partial charge in [0.2, 0.25) is 10.0 Å². The quantitative estimate of drug-likeness (QED) is 0.745. The van der Waals surface area contributed by atoms with Crippen LogP contribution in [0.3, 0.4) is 0 Å². The Bertz CT molecular complexity index is 904. The number of nitrogens with one attached hydrogen (secondary N) is 1. The van der Waals surface area contributed by atoms with Crippen LogP contribution in [0.2, 0.25) is 0 Å². The second-order valence-electron chi connectivity index (χ2n) is 5.48. The van der Waals surface area contributed by atoms with E-state index in [1.807, 2.05) is 43.3 Å². The van der Waals surface area contributed by atoms with Crippen molar-refractivity contribution in [3.05, 3.63) is 77.7 Å². The van der Waals surface area contributed by atoms with Gasteiger partial charge in [0.25, 0.3) is 0 Å². The normalized spacial score (nSPS) is 11.5. The minimum Gasteiger partial charge on any atom is -0.237 e. The van der Waals surface area contributed by atoms with Crippen LogP contribution < -0.4 is 4.72 Å². The molecular weight excluding hydrogens is 324 g/mol. The average molecular weight is 342 g/mol. The van der Waals surface area contributed by atoms with Gasteiger partial charge in [0.15, 0.2) is 5.82 Å². The molecule has 6 nitrogen and oxygen atoms in total. The lowest BCUT2D eigenvalue weighted by molar-refractivity contribution is 0.580. The van der Waals surface area contributed by atoms with Crippen molar-refractivity contribution in [1.29, 1.82) is 0 Å². The second-order valence-corrected chi connectivity index (χ2v) is 7.29. The Hall–Kier alpha value is -2.51. The van der Waals surface area contributed by atoms with Gasteiger partial charge in [-0.3, -0.25) is 0 Å². The molecule has 0 aliphatic carbocycles. The van der Waals surface area contributed by atoms with Crippen molar-refractivity contribution in [3.63, 3.8) is 0 Å². The van der Waals surface area contributed by atoms with E-state index in [4.69, 9.17) is 0 Å². The standard InChI is InChI=1S/C17H18N4O2S/c1-14-5-2-3-6-16(14)13-24(22,23)20-12-15-7-8-17(18-11-15)21-10-4-9-19-21/h2-11,20H,12-13H2,1H3. The SMILES string of the molecule is Cc1ccccc1CS(=O)(=O)NCc1ccc(-n2cccn2)nc1. The van der Waals surface area contributed by atoms with Gasteiger partial charge in [-0.25, -0.2) is 22.8 Å². The van der Waals surface area contributed by atoms with Crippen LogP contribution in [0.5, 0.6) is 0 Å². The maximum atomic E-state index is 12.2. The van der Waals surface area contributed by atoms with Gasteiger partial charge in [-0.15, -0.1) is 0 Å². The van der Waals surface area contributed by atoms with Crippen molar-refractivity contribution in [2.24, 2.45) is 0 Å². The molecule has 0 saturated heterocycles. The van der Waals surface area contributed by atoms with E-state index in [0.717, 1.165) is 16.7 Å². The summed E-state index contributed by atoms with van der Waals surface area (Å²) in [7, 11) is -3.40. The number of nitrogens with zero attached hydrogens (tertiary/aromatic N) is 3. The molecule has 1 aromatic carbocycles. The molecular formula is C17H18N4O2S. The number of aryl methyl sites for hydroxylation is 1. The lowest BCUT2D eigenvalue weighted by atomic mass is 10.1. The fraction of sp³-hybridized carbons (Fsp3) is 0.176. The Morgan fingerprint density at radius 2 is 1.96 bits per heavy atom. The fourth-order valence-electron chi connectivity index (χ4n) is 2.28. The molecule has 0 spiro atoms. The first kappa shape index (κ1) is 16.4. The van der Waals surface area contributed by atoms with Gasteiger partial charge in [-0.1, -0.05) is 30.3 Å². The summed E-state index contributed by atoms with van der Waals surface area (Å²) in [6.07, 6.45) is 5.12. The van der Waals surface area contributed by atoms with E-state index in [-0.39, 0.29) is 12.3 Å². The zero-order chi connectivity index (χ0) is 17.0. The highest BCUT2D eigenvalue weighted by atomic mass is 32.2. The fourth-order valence-corrected chi connectivity index (χ4v) is 3.50. The number of aromatic nitrogens is 3. The van der Waals surface area contributed by atoms with Crippen LogP contribution in [0.15, 0.2) is 61.1 Å². The van der Waals surface area contributed by atoms with E-state index in [1.54, 1.807) is 29.3 Å². The molecule has 0 aliphatic rings. The average Bonchev–Trinajstić information content (AvgIpc) is 3.10. The van der Waals surface area contributed by atoms with Crippen LogP contribution in [-0.4, -0.2) is 23.2 Å². The monoisotopic (exact) mass is 342 g/mol. The minimum absolute atomic E-state index is 0.0293. The smallest absolute Gasteiger partial charge is 0.216 e. The summed E-state index contributed by atoms with van der Waals surface area (Å²) in [5.74, 6) is 0.657. The Labute approximate surface area is 141 Å². The van der Waals surface area contributed by atoms with Gasteiger partial charge in [0.1, 0.15) is 0 Å². The topological polar surface area (TPSA) is 76.9 Å². The second kappa shape index (κ2) is 6.94. The van der Waals surface area contributed by atoms with Crippen molar-refractivity contribution in [2.45, 2.75) is 19.2 Å². The molecule has 0 amide bonds. The maximum Gasteiger partial charge on any atom is 0.216 e. The molecule has 24 heavy (non-hydrogen) atoms. The van der Waals surface area contributed by atoms with E-state index in [2.05, 4.69) is 14.8 Å². The van der Waals surface area contributed by atoms with Gasteiger partial charge in [-0.05, 0) is 35.7 Å². The van der Waals surface area contributed by atoms with Crippen LogP contribution in [0.1, 0.15) is 16.7 Å². The predicted octanol–water partition coefficient (Wildman–Crippen LogP) is 2.20. The highest BCUT2D eigenvalue weighted by Crippen LogP contribution is 2.11. The van der Waals surface area contributed by atoms with Crippen molar-refractivity contribution in [3.8, 4) is 5.82 Å². The number of hydrogen-bond donors (Lipinski definition) is 1. The van der Waals surface area contributed by atoms with Gasteiger partial charge in [0.05, 0.1) is 5.75 Å². The van der Waals surface area contributed by atoms with Gasteiger partial charge >= 0.3 is 0 Å². The van der Waals surface area contributed by atoms with E-state index in [9.17, 15) is 8.42 Å². The first-order chi connectivity index (χ1) is 11.5. The summed E-state index contributed by atoms with van der Waals surface area (Å²) in [5.41, 5.74) is 2.56. The molecule has 2 heterocycles. The summed E-state index contributed by atoms with van der Waals surface area (Å²) >= 11 is 0. The Balaban J connectivity index is 1.63. The van der Waals surface area contributed by atoms with Crippen molar-refractivity contribution < 1.29 is 8.42 Å². The number of rotatable bonds is 6. The maximum absolute atomic E-state index is 12.2. The van der Waals surface area contributed by atoms with E-state index in [0.29, 0.717) is 5.82 Å². The third-order valence-electron chi connectivity index (χ3n) is 3.65. The number of sulfonamides is 1. The van der Waals surface area contributed by atoms with Crippen molar-refractivity contribution in [2.75, 3.05) is 0 Å². The lowest BCUT2D eigenvalue weighted by Gasteiger charge is -2.09. The Morgan fingerprint density at radius 1 is 1.12 bits per heavy atom. The van der Waals surface area contributed by atoms with Gasteiger partial charge in [0, 0.05) is 25.1 Å². The van der Waals surface area contributed by atoms with Crippen LogP contribution in [0.25, 0.3) is 5.82 Å². The Morgan fingerprint density at radius 3 is 2.62 bits per heavy atom. The molecule has 0 atom stereocenters. The zero-order valence-corrected chi connectivity index (χ0v) is 14.1. The molecule has 0 radical (unpaired) electrons. The number of pyridine rings is 1. The lowest BCUT2D eigenvalue weighted by Crippen LogP contribution is -2.25. The first-order valence-electron chi connectivity index (χ1n) is 7.50. The zero-order valence-electron chi connectivity index (χ0n) is 13.3. The molecule has 7 heteroatoms. The molecule has 0 saturated carbocycles. The summed E-state index contributed by atoms with van der Waals surface area (Å²) in [6.45, 7) is 2.11. The van der Waals surface area contributed by atoms with E-state index in [1.165, 1.54) is 0 Å². The molecule has 0 bridgehead atoms. The molecule has 0 aliphatic heterocycles. The van der Waals surface area contributed by atoms with Crippen LogP contribution in [0.4, 0.5) is 0 Å². The van der Waals surface area contributed by atoms with Gasteiger partial charge < -0.3 is 0 Å². The molecule has 1 N–H and O–H groups in total. The molecule has 0 unspecified atom stereocenters. The number of hydrogen-bond acceptors (Lipinski definition) is 4. The molecule has 0 fully saturated rings. The third-order valence-corrected chi connectivity index (χ3v) is 4.93. The summed E-state index contributed by atoms with van der Waals surface area (Å²) in [5, 5.41) is 4.10. The molecule has 2 aromatic heterocycles. The van der Waals surface area contributed by atoms with Crippen LogP contribution in [-0.2, 0) is 22.3 Å². The number of benzene rings is 1. The van der Waals surface area contributed by atoms with Crippen molar-refractivity contribution in [1.82, 2.24) is 19.5 Å². The minimum atomic E-state index is -3.40. The first-order valence-corrected chi connectivity index (χ1v) is 9.15. The van der Waals surface area contributed by atoms with E-state index >= 15 is 0 Å². The van der Waals surface area contributed by atoms with Crippen molar-refractivity contribution >= 4 is 10.0 Å². The summed E-state index contributed by atoms with van der Waals surface area (Å²) < 4.78 is 28.7. The predicted molar refractivity (Wildman–Crippen MR) is 92.0 cm³/mol. The van der Waals surface area contributed by atoms with E-state index < -0.39 is 10.0 Å². The van der Waals surface area contributed by atoms with Crippen LogP contribution >= 0.6 is 0 Å². The summed E-state index contributed by atoms with van der Waals surface area (Å²) in [4.78, 5) is 4.29. The Kier molecular flexibility index (Phi) is 4.73. The summed E-state index contributed by atoms with van der Waals surface area (Å²) in [6, 6.07) is 12.9. The van der Waals surface area contributed by atoms with Gasteiger partial charge in [-0.2, -0.15) is 5.10 Å². The van der Waals surface area contributed by atoms with Crippen LogP contribution in [0, 0.1) is 6.92 Å². The largest absolute Gasteiger partial charge is 0.237 e. The highest BCUT2D eigenvalue weighted by Gasteiger charge is 2.12. The third kappa shape index (κ3) is 4.06. The molecule has 3 rings (SSSR count). The highest BCUT2D eigenvalue weighted by molar-refractivity contribution is 7.88. The molecule has 124 valence electrons.